The van der Waals surface area contributed by atoms with E-state index in [0.29, 0.717) is 12.3 Å². The number of aromatic nitrogens is 1. The van der Waals surface area contributed by atoms with Crippen LogP contribution in [0.1, 0.15) is 11.7 Å². The number of nitrogens with one attached hydrogen (secondary N) is 1. The second kappa shape index (κ2) is 4.90. The van der Waals surface area contributed by atoms with Crippen LogP contribution >= 0.6 is 0 Å². The van der Waals surface area contributed by atoms with Crippen LogP contribution < -0.4 is 5.32 Å². The molecule has 0 aliphatic carbocycles. The molecule has 4 heteroatoms. The quantitative estimate of drug-likeness (QED) is 0.651. The fourth-order valence-corrected chi connectivity index (χ4v) is 0.923. The minimum Gasteiger partial charge on any atom is -0.446 e. The SMILES string of the molecule is CNCCc1cnc(CCO)o1. The van der Waals surface area contributed by atoms with Crippen molar-refractivity contribution in [1.82, 2.24) is 10.3 Å². The van der Waals surface area contributed by atoms with Gasteiger partial charge in [0.05, 0.1) is 12.8 Å². The molecule has 0 aliphatic rings. The van der Waals surface area contributed by atoms with Crippen molar-refractivity contribution < 1.29 is 9.52 Å². The first kappa shape index (κ1) is 9.22. The van der Waals surface area contributed by atoms with Gasteiger partial charge in [0.2, 0.25) is 0 Å². The molecule has 1 aromatic rings. The highest BCUT2D eigenvalue weighted by molar-refractivity contribution is 4.94. The molecule has 0 bridgehead atoms. The van der Waals surface area contributed by atoms with Crippen LogP contribution in [0.5, 0.6) is 0 Å². The van der Waals surface area contributed by atoms with E-state index in [1.807, 2.05) is 7.05 Å². The van der Waals surface area contributed by atoms with E-state index >= 15 is 0 Å². The van der Waals surface area contributed by atoms with Crippen molar-refractivity contribution in [3.63, 3.8) is 0 Å². The van der Waals surface area contributed by atoms with Crippen molar-refractivity contribution >= 4 is 0 Å². The predicted molar refractivity (Wildman–Crippen MR) is 44.9 cm³/mol. The van der Waals surface area contributed by atoms with Crippen molar-refractivity contribution in [2.75, 3.05) is 20.2 Å². The van der Waals surface area contributed by atoms with E-state index in [0.717, 1.165) is 18.7 Å². The van der Waals surface area contributed by atoms with E-state index in [1.165, 1.54) is 0 Å². The summed E-state index contributed by atoms with van der Waals surface area (Å²) in [6.45, 7) is 0.972. The largest absolute Gasteiger partial charge is 0.446 e. The van der Waals surface area contributed by atoms with E-state index in [1.54, 1.807) is 6.20 Å². The van der Waals surface area contributed by atoms with Gasteiger partial charge in [0, 0.05) is 19.4 Å². The first-order valence-electron chi connectivity index (χ1n) is 4.06. The Labute approximate surface area is 71.6 Å². The van der Waals surface area contributed by atoms with Gasteiger partial charge in [-0.3, -0.25) is 0 Å². The van der Waals surface area contributed by atoms with Crippen molar-refractivity contribution in [2.45, 2.75) is 12.8 Å². The first-order valence-corrected chi connectivity index (χ1v) is 4.06. The van der Waals surface area contributed by atoms with Crippen molar-refractivity contribution in [2.24, 2.45) is 0 Å². The lowest BCUT2D eigenvalue weighted by molar-refractivity contribution is 0.283. The molecule has 0 atom stereocenters. The minimum atomic E-state index is 0.0893. The van der Waals surface area contributed by atoms with Gasteiger partial charge >= 0.3 is 0 Å². The number of rotatable bonds is 5. The second-order valence-electron chi connectivity index (χ2n) is 2.55. The van der Waals surface area contributed by atoms with Crippen LogP contribution in [0.3, 0.4) is 0 Å². The van der Waals surface area contributed by atoms with E-state index < -0.39 is 0 Å². The Balaban J connectivity index is 2.41. The van der Waals surface area contributed by atoms with Gasteiger partial charge in [0.25, 0.3) is 0 Å². The number of aliphatic hydroxyl groups is 1. The first-order chi connectivity index (χ1) is 5.86. The van der Waals surface area contributed by atoms with Gasteiger partial charge in [-0.25, -0.2) is 4.98 Å². The van der Waals surface area contributed by atoms with Gasteiger partial charge in [-0.05, 0) is 7.05 Å². The summed E-state index contributed by atoms with van der Waals surface area (Å²) in [7, 11) is 1.89. The van der Waals surface area contributed by atoms with Crippen molar-refractivity contribution in [3.8, 4) is 0 Å². The number of oxazole rings is 1. The molecule has 2 N–H and O–H groups in total. The summed E-state index contributed by atoms with van der Waals surface area (Å²) in [6.07, 6.45) is 3.05. The maximum atomic E-state index is 8.59. The molecule has 0 spiro atoms. The maximum Gasteiger partial charge on any atom is 0.196 e. The van der Waals surface area contributed by atoms with Crippen LogP contribution in [0.25, 0.3) is 0 Å². The number of nitrogens with zero attached hydrogens (tertiary/aromatic N) is 1. The fourth-order valence-electron chi connectivity index (χ4n) is 0.923. The minimum absolute atomic E-state index is 0.0893. The molecular weight excluding hydrogens is 156 g/mol. The van der Waals surface area contributed by atoms with Gasteiger partial charge in [0.1, 0.15) is 5.76 Å². The average Bonchev–Trinajstić information content (AvgIpc) is 2.50. The lowest BCUT2D eigenvalue weighted by Crippen LogP contribution is -2.09. The summed E-state index contributed by atoms with van der Waals surface area (Å²) in [5.74, 6) is 1.48. The van der Waals surface area contributed by atoms with Crippen molar-refractivity contribution in [1.29, 1.82) is 0 Å². The molecule has 1 rings (SSSR count). The number of hydrogen-bond acceptors (Lipinski definition) is 4. The van der Waals surface area contributed by atoms with Crippen LogP contribution in [-0.2, 0) is 12.8 Å². The Morgan fingerprint density at radius 3 is 3.08 bits per heavy atom. The third-order valence-corrected chi connectivity index (χ3v) is 1.55. The molecule has 1 heterocycles. The zero-order valence-corrected chi connectivity index (χ0v) is 7.21. The highest BCUT2D eigenvalue weighted by Gasteiger charge is 2.01. The van der Waals surface area contributed by atoms with Gasteiger partial charge < -0.3 is 14.8 Å². The van der Waals surface area contributed by atoms with E-state index in [9.17, 15) is 0 Å². The zero-order chi connectivity index (χ0) is 8.81. The Hall–Kier alpha value is -0.870. The van der Waals surface area contributed by atoms with Gasteiger partial charge in [0.15, 0.2) is 5.89 Å². The number of aliphatic hydroxyl groups excluding tert-OH is 1. The molecule has 0 radical (unpaired) electrons. The average molecular weight is 170 g/mol. The summed E-state index contributed by atoms with van der Waals surface area (Å²) in [5, 5.41) is 11.6. The molecule has 0 aliphatic heterocycles. The molecular formula is C8H14N2O2. The molecule has 0 unspecified atom stereocenters. The molecule has 0 saturated heterocycles. The monoisotopic (exact) mass is 170 g/mol. The highest BCUT2D eigenvalue weighted by Crippen LogP contribution is 2.03. The van der Waals surface area contributed by atoms with Gasteiger partial charge in [-0.2, -0.15) is 0 Å². The molecule has 68 valence electrons. The summed E-state index contributed by atoms with van der Waals surface area (Å²) in [5.41, 5.74) is 0. The fraction of sp³-hybridized carbons (Fsp3) is 0.625. The van der Waals surface area contributed by atoms with E-state index in [2.05, 4.69) is 10.3 Å². The Bertz CT molecular complexity index is 223. The molecule has 4 nitrogen and oxygen atoms in total. The summed E-state index contributed by atoms with van der Waals surface area (Å²) >= 11 is 0. The maximum absolute atomic E-state index is 8.59. The molecule has 0 fully saturated rings. The standard InChI is InChI=1S/C8H14N2O2/c1-9-4-2-7-6-10-8(12-7)3-5-11/h6,9,11H,2-5H2,1H3. The van der Waals surface area contributed by atoms with Crippen LogP contribution in [-0.4, -0.2) is 30.3 Å². The van der Waals surface area contributed by atoms with Gasteiger partial charge in [-0.1, -0.05) is 0 Å². The Morgan fingerprint density at radius 1 is 1.58 bits per heavy atom. The lowest BCUT2D eigenvalue weighted by atomic mass is 10.3. The Kier molecular flexibility index (Phi) is 3.76. The molecule has 0 amide bonds. The molecule has 12 heavy (non-hydrogen) atoms. The van der Waals surface area contributed by atoms with Gasteiger partial charge in [-0.15, -0.1) is 0 Å². The predicted octanol–water partition coefficient (Wildman–Crippen LogP) is -0.0287. The summed E-state index contributed by atoms with van der Waals surface area (Å²) in [4.78, 5) is 4.00. The van der Waals surface area contributed by atoms with Crippen LogP contribution in [0.15, 0.2) is 10.6 Å². The topological polar surface area (TPSA) is 58.3 Å². The zero-order valence-electron chi connectivity index (χ0n) is 7.21. The second-order valence-corrected chi connectivity index (χ2v) is 2.55. The summed E-state index contributed by atoms with van der Waals surface area (Å²) in [6, 6.07) is 0. The van der Waals surface area contributed by atoms with E-state index in [4.69, 9.17) is 9.52 Å². The Morgan fingerprint density at radius 2 is 2.42 bits per heavy atom. The highest BCUT2D eigenvalue weighted by atomic mass is 16.4. The van der Waals surface area contributed by atoms with Crippen LogP contribution in [0.4, 0.5) is 0 Å². The number of hydrogen-bond donors (Lipinski definition) is 2. The number of likely N-dealkylation sites (N-methyl/N-ethyl adjacent to an activating group) is 1. The summed E-state index contributed by atoms with van der Waals surface area (Å²) < 4.78 is 5.32. The molecule has 0 saturated carbocycles. The molecule has 1 aromatic heterocycles. The van der Waals surface area contributed by atoms with Crippen LogP contribution in [0.2, 0.25) is 0 Å². The third kappa shape index (κ3) is 2.64. The lowest BCUT2D eigenvalue weighted by Gasteiger charge is -1.93. The van der Waals surface area contributed by atoms with Crippen molar-refractivity contribution in [3.05, 3.63) is 17.8 Å². The van der Waals surface area contributed by atoms with E-state index in [-0.39, 0.29) is 6.61 Å². The smallest absolute Gasteiger partial charge is 0.196 e. The molecule has 0 aromatic carbocycles. The third-order valence-electron chi connectivity index (χ3n) is 1.55. The normalized spacial score (nSPS) is 10.5. The van der Waals surface area contributed by atoms with Crippen LogP contribution in [0, 0.1) is 0 Å².